The van der Waals surface area contributed by atoms with E-state index in [0.29, 0.717) is 0 Å². The summed E-state index contributed by atoms with van der Waals surface area (Å²) in [6, 6.07) is 2.14. The number of anilines is 2. The summed E-state index contributed by atoms with van der Waals surface area (Å²) in [5.41, 5.74) is 17.5. The minimum Gasteiger partial charge on any atom is -0.398 e. The molecule has 4 N–H and O–H groups in total. The van der Waals surface area contributed by atoms with E-state index >= 15 is 0 Å². The molecule has 0 bridgehead atoms. The second-order valence-electron chi connectivity index (χ2n) is 3.56. The summed E-state index contributed by atoms with van der Waals surface area (Å²) < 4.78 is 0. The zero-order chi connectivity index (χ0) is 10.7. The molecule has 1 aromatic rings. The molecule has 1 rings (SSSR count). The number of aryl methyl sites for hydroxylation is 2. The highest BCUT2D eigenvalue weighted by atomic mass is 14.6. The van der Waals surface area contributed by atoms with Crippen LogP contribution in [0.5, 0.6) is 0 Å². The van der Waals surface area contributed by atoms with Crippen molar-refractivity contribution in [2.24, 2.45) is 0 Å². The van der Waals surface area contributed by atoms with E-state index in [1.165, 1.54) is 11.1 Å². The zero-order valence-corrected chi connectivity index (χ0v) is 9.35. The van der Waals surface area contributed by atoms with Crippen molar-refractivity contribution in [3.8, 4) is 0 Å². The summed E-state index contributed by atoms with van der Waals surface area (Å²) in [5.74, 6) is 0. The average molecular weight is 192 g/mol. The number of nitrogen functional groups attached to an aromatic ring is 2. The third-order valence-electron chi connectivity index (χ3n) is 2.81. The topological polar surface area (TPSA) is 52.0 Å². The fraction of sp³-hybridized carbons (Fsp3) is 0.500. The van der Waals surface area contributed by atoms with Crippen molar-refractivity contribution in [2.75, 3.05) is 11.5 Å². The predicted molar refractivity (Wildman–Crippen MR) is 63.4 cm³/mol. The predicted octanol–water partition coefficient (Wildman–Crippen LogP) is 2.54. The quantitative estimate of drug-likeness (QED) is 0.723. The summed E-state index contributed by atoms with van der Waals surface area (Å²) in [7, 11) is 0. The maximum absolute atomic E-state index is 6.05. The van der Waals surface area contributed by atoms with Gasteiger partial charge in [-0.3, -0.25) is 0 Å². The first-order chi connectivity index (χ1) is 6.65. The Morgan fingerprint density at radius 2 is 1.29 bits per heavy atom. The molecular weight excluding hydrogens is 172 g/mol. The molecule has 0 aliphatic carbocycles. The minimum absolute atomic E-state index is 0.893. The van der Waals surface area contributed by atoms with Crippen LogP contribution in [0.2, 0.25) is 0 Å². The fourth-order valence-electron chi connectivity index (χ4n) is 1.86. The van der Waals surface area contributed by atoms with Gasteiger partial charge in [0.1, 0.15) is 0 Å². The van der Waals surface area contributed by atoms with E-state index in [9.17, 15) is 0 Å². The molecule has 0 saturated heterocycles. The molecule has 0 aliphatic rings. The Morgan fingerprint density at radius 3 is 1.57 bits per heavy atom. The molecule has 0 unspecified atom stereocenters. The highest BCUT2D eigenvalue weighted by molar-refractivity contribution is 5.69. The molecule has 2 heteroatoms. The lowest BCUT2D eigenvalue weighted by molar-refractivity contribution is 1.05. The molecule has 0 atom stereocenters. The van der Waals surface area contributed by atoms with Gasteiger partial charge in [0.15, 0.2) is 0 Å². The van der Waals surface area contributed by atoms with E-state index in [4.69, 9.17) is 11.5 Å². The van der Waals surface area contributed by atoms with E-state index in [1.807, 2.05) is 0 Å². The third-order valence-corrected chi connectivity index (χ3v) is 2.81. The molecule has 0 heterocycles. The van der Waals surface area contributed by atoms with Crippen molar-refractivity contribution in [2.45, 2.75) is 40.0 Å². The van der Waals surface area contributed by atoms with E-state index < -0.39 is 0 Å². The van der Waals surface area contributed by atoms with Gasteiger partial charge in [0.05, 0.1) is 0 Å². The number of hydrogen-bond donors (Lipinski definition) is 2. The van der Waals surface area contributed by atoms with Crippen LogP contribution in [0, 0.1) is 0 Å². The van der Waals surface area contributed by atoms with Gasteiger partial charge in [-0.15, -0.1) is 0 Å². The molecule has 14 heavy (non-hydrogen) atoms. The maximum atomic E-state index is 6.05. The summed E-state index contributed by atoms with van der Waals surface area (Å²) >= 11 is 0. The second kappa shape index (κ2) is 4.36. The van der Waals surface area contributed by atoms with Crippen LogP contribution in [-0.2, 0) is 19.3 Å². The van der Waals surface area contributed by atoms with Gasteiger partial charge >= 0.3 is 0 Å². The third kappa shape index (κ3) is 1.69. The first-order valence-electron chi connectivity index (χ1n) is 5.34. The van der Waals surface area contributed by atoms with E-state index in [1.54, 1.807) is 0 Å². The van der Waals surface area contributed by atoms with E-state index in [2.05, 4.69) is 26.8 Å². The molecule has 0 aromatic heterocycles. The summed E-state index contributed by atoms with van der Waals surface area (Å²) in [5, 5.41) is 0. The standard InChI is InChI=1S/C12H20N2/c1-4-8-7-9(5-2)12(14)10(6-3)11(8)13/h7H,4-6,13-14H2,1-3H3. The number of benzene rings is 1. The first kappa shape index (κ1) is 10.9. The van der Waals surface area contributed by atoms with Crippen LogP contribution in [0.3, 0.4) is 0 Å². The molecule has 2 nitrogen and oxygen atoms in total. The lowest BCUT2D eigenvalue weighted by Gasteiger charge is -2.15. The molecule has 0 radical (unpaired) electrons. The fourth-order valence-corrected chi connectivity index (χ4v) is 1.86. The van der Waals surface area contributed by atoms with Gasteiger partial charge in [0.25, 0.3) is 0 Å². The molecule has 78 valence electrons. The van der Waals surface area contributed by atoms with Gasteiger partial charge in [-0.05, 0) is 36.0 Å². The SMILES string of the molecule is CCc1cc(CC)c(N)c(CC)c1N. The van der Waals surface area contributed by atoms with E-state index in [-0.39, 0.29) is 0 Å². The van der Waals surface area contributed by atoms with Gasteiger partial charge in [0, 0.05) is 11.4 Å². The number of nitrogens with two attached hydrogens (primary N) is 2. The van der Waals surface area contributed by atoms with Gasteiger partial charge in [0.2, 0.25) is 0 Å². The van der Waals surface area contributed by atoms with Crippen LogP contribution in [0.25, 0.3) is 0 Å². The van der Waals surface area contributed by atoms with Gasteiger partial charge < -0.3 is 11.5 Å². The Kier molecular flexibility index (Phi) is 3.39. The van der Waals surface area contributed by atoms with Crippen LogP contribution < -0.4 is 11.5 Å². The van der Waals surface area contributed by atoms with Crippen LogP contribution >= 0.6 is 0 Å². The Labute approximate surface area is 86.3 Å². The van der Waals surface area contributed by atoms with Gasteiger partial charge in [-0.25, -0.2) is 0 Å². The summed E-state index contributed by atoms with van der Waals surface area (Å²) in [6.07, 6.45) is 2.87. The monoisotopic (exact) mass is 192 g/mol. The molecule has 0 aliphatic heterocycles. The van der Waals surface area contributed by atoms with Crippen LogP contribution in [0.15, 0.2) is 6.07 Å². The van der Waals surface area contributed by atoms with Gasteiger partial charge in [-0.1, -0.05) is 26.8 Å². The normalized spacial score (nSPS) is 10.5. The summed E-state index contributed by atoms with van der Waals surface area (Å²) in [6.45, 7) is 6.35. The Balaban J connectivity index is 3.39. The van der Waals surface area contributed by atoms with Crippen LogP contribution in [0.4, 0.5) is 11.4 Å². The first-order valence-corrected chi connectivity index (χ1v) is 5.34. The highest BCUT2D eigenvalue weighted by Crippen LogP contribution is 2.29. The molecule has 0 saturated carbocycles. The lowest BCUT2D eigenvalue weighted by atomic mass is 9.96. The van der Waals surface area contributed by atoms with Crippen molar-refractivity contribution >= 4 is 11.4 Å². The van der Waals surface area contributed by atoms with Crippen molar-refractivity contribution in [1.82, 2.24) is 0 Å². The molecule has 0 fully saturated rings. The van der Waals surface area contributed by atoms with Crippen molar-refractivity contribution < 1.29 is 0 Å². The zero-order valence-electron chi connectivity index (χ0n) is 9.35. The molecule has 1 aromatic carbocycles. The molecule has 0 spiro atoms. The van der Waals surface area contributed by atoms with Gasteiger partial charge in [-0.2, -0.15) is 0 Å². The number of hydrogen-bond acceptors (Lipinski definition) is 2. The van der Waals surface area contributed by atoms with Crippen LogP contribution in [-0.4, -0.2) is 0 Å². The molecular formula is C12H20N2. The minimum atomic E-state index is 0.893. The largest absolute Gasteiger partial charge is 0.398 e. The van der Waals surface area contributed by atoms with Crippen molar-refractivity contribution in [1.29, 1.82) is 0 Å². The Bertz CT molecular complexity index is 301. The highest BCUT2D eigenvalue weighted by Gasteiger charge is 2.10. The Morgan fingerprint density at radius 1 is 0.857 bits per heavy atom. The lowest BCUT2D eigenvalue weighted by Crippen LogP contribution is -2.06. The maximum Gasteiger partial charge on any atom is 0.0399 e. The van der Waals surface area contributed by atoms with Crippen LogP contribution in [0.1, 0.15) is 37.5 Å². The van der Waals surface area contributed by atoms with E-state index in [0.717, 1.165) is 36.2 Å². The van der Waals surface area contributed by atoms with Crippen molar-refractivity contribution in [3.05, 3.63) is 22.8 Å². The number of rotatable bonds is 3. The Hall–Kier alpha value is -1.18. The second-order valence-corrected chi connectivity index (χ2v) is 3.56. The molecule has 0 amide bonds. The average Bonchev–Trinajstić information content (AvgIpc) is 2.19. The smallest absolute Gasteiger partial charge is 0.0399 e. The summed E-state index contributed by atoms with van der Waals surface area (Å²) in [4.78, 5) is 0. The van der Waals surface area contributed by atoms with Crippen molar-refractivity contribution in [3.63, 3.8) is 0 Å².